The highest BCUT2D eigenvalue weighted by atomic mass is 16.1. The lowest BCUT2D eigenvalue weighted by atomic mass is 9.88. The van der Waals surface area contributed by atoms with Crippen LogP contribution in [0, 0.1) is 5.41 Å². The minimum Gasteiger partial charge on any atom is -0.299 e. The van der Waals surface area contributed by atoms with E-state index in [2.05, 4.69) is 5.10 Å². The Balaban J connectivity index is 2.65. The number of rotatable bonds is 2. The van der Waals surface area contributed by atoms with Crippen LogP contribution < -0.4 is 0 Å². The standard InChI is InChI=1S/C10H16N2O/c1-10(2,3)9(13)5-8-6-11-12(4)7-8/h6-7H,5H2,1-4H3. The number of carbonyl (C=O) groups excluding carboxylic acids is 1. The molecule has 13 heavy (non-hydrogen) atoms. The molecule has 0 saturated heterocycles. The van der Waals surface area contributed by atoms with Crippen LogP contribution in [0.1, 0.15) is 26.3 Å². The monoisotopic (exact) mass is 180 g/mol. The second-order valence-corrected chi connectivity index (χ2v) is 4.37. The van der Waals surface area contributed by atoms with E-state index in [1.807, 2.05) is 34.0 Å². The summed E-state index contributed by atoms with van der Waals surface area (Å²) in [5.74, 6) is 0.250. The predicted molar refractivity (Wildman–Crippen MR) is 51.4 cm³/mol. The zero-order chi connectivity index (χ0) is 10.1. The van der Waals surface area contributed by atoms with Crippen molar-refractivity contribution in [2.24, 2.45) is 12.5 Å². The molecule has 72 valence electrons. The Bertz CT molecular complexity index is 307. The fourth-order valence-electron chi connectivity index (χ4n) is 1.01. The SMILES string of the molecule is Cn1cc(CC(=O)C(C)(C)C)cn1. The van der Waals surface area contributed by atoms with Crippen LogP contribution in [0.2, 0.25) is 0 Å². The molecule has 0 amide bonds. The molecule has 0 aliphatic carbocycles. The van der Waals surface area contributed by atoms with Crippen molar-refractivity contribution in [2.45, 2.75) is 27.2 Å². The van der Waals surface area contributed by atoms with Crippen molar-refractivity contribution in [3.05, 3.63) is 18.0 Å². The quantitative estimate of drug-likeness (QED) is 0.692. The summed E-state index contributed by atoms with van der Waals surface area (Å²) >= 11 is 0. The molecule has 1 rings (SSSR count). The van der Waals surface area contributed by atoms with Crippen LogP contribution in [0.25, 0.3) is 0 Å². The van der Waals surface area contributed by atoms with Crippen molar-refractivity contribution in [1.82, 2.24) is 9.78 Å². The molecular formula is C10H16N2O. The lowest BCUT2D eigenvalue weighted by Gasteiger charge is -2.15. The molecule has 0 unspecified atom stereocenters. The first-order valence-corrected chi connectivity index (χ1v) is 4.40. The Hall–Kier alpha value is -1.12. The summed E-state index contributed by atoms with van der Waals surface area (Å²) < 4.78 is 1.71. The van der Waals surface area contributed by atoms with Gasteiger partial charge in [0.2, 0.25) is 0 Å². The van der Waals surface area contributed by atoms with Crippen molar-refractivity contribution >= 4 is 5.78 Å². The van der Waals surface area contributed by atoms with Gasteiger partial charge in [-0.15, -0.1) is 0 Å². The van der Waals surface area contributed by atoms with Gasteiger partial charge in [-0.3, -0.25) is 9.48 Å². The number of nitrogens with zero attached hydrogens (tertiary/aromatic N) is 2. The molecule has 1 heterocycles. The maximum absolute atomic E-state index is 11.6. The highest BCUT2D eigenvalue weighted by Gasteiger charge is 2.21. The van der Waals surface area contributed by atoms with E-state index >= 15 is 0 Å². The second-order valence-electron chi connectivity index (χ2n) is 4.37. The maximum atomic E-state index is 11.6. The first kappa shape index (κ1) is 9.96. The van der Waals surface area contributed by atoms with E-state index < -0.39 is 0 Å². The number of carbonyl (C=O) groups is 1. The van der Waals surface area contributed by atoms with Gasteiger partial charge in [0.15, 0.2) is 0 Å². The molecule has 0 atom stereocenters. The van der Waals surface area contributed by atoms with Gasteiger partial charge in [-0.1, -0.05) is 20.8 Å². The highest BCUT2D eigenvalue weighted by Crippen LogP contribution is 2.17. The summed E-state index contributed by atoms with van der Waals surface area (Å²) in [6, 6.07) is 0. The maximum Gasteiger partial charge on any atom is 0.142 e. The molecule has 0 N–H and O–H groups in total. The average molecular weight is 180 g/mol. The van der Waals surface area contributed by atoms with E-state index in [0.717, 1.165) is 5.56 Å². The minimum atomic E-state index is -0.254. The van der Waals surface area contributed by atoms with Crippen molar-refractivity contribution < 1.29 is 4.79 Å². The smallest absolute Gasteiger partial charge is 0.142 e. The molecule has 0 fully saturated rings. The lowest BCUT2D eigenvalue weighted by Crippen LogP contribution is -2.21. The molecule has 0 aliphatic rings. The first-order chi connectivity index (χ1) is 5.89. The first-order valence-electron chi connectivity index (χ1n) is 4.40. The number of aromatic nitrogens is 2. The molecule has 3 heteroatoms. The molecule has 0 saturated carbocycles. The molecular weight excluding hydrogens is 164 g/mol. The summed E-state index contributed by atoms with van der Waals surface area (Å²) in [7, 11) is 1.85. The second kappa shape index (κ2) is 3.32. The van der Waals surface area contributed by atoms with Crippen molar-refractivity contribution in [1.29, 1.82) is 0 Å². The Labute approximate surface area is 78.8 Å². The fraction of sp³-hybridized carbons (Fsp3) is 0.600. The van der Waals surface area contributed by atoms with Gasteiger partial charge in [0.25, 0.3) is 0 Å². The van der Waals surface area contributed by atoms with Crippen LogP contribution in [0.4, 0.5) is 0 Å². The summed E-state index contributed by atoms with van der Waals surface area (Å²) in [5.41, 5.74) is 0.734. The number of hydrogen-bond donors (Lipinski definition) is 0. The zero-order valence-electron chi connectivity index (χ0n) is 8.66. The van der Waals surface area contributed by atoms with E-state index in [1.54, 1.807) is 10.9 Å². The largest absolute Gasteiger partial charge is 0.299 e. The average Bonchev–Trinajstić information content (AvgIpc) is 2.33. The van der Waals surface area contributed by atoms with Crippen LogP contribution in [-0.4, -0.2) is 15.6 Å². The topological polar surface area (TPSA) is 34.9 Å². The van der Waals surface area contributed by atoms with E-state index in [0.29, 0.717) is 6.42 Å². The van der Waals surface area contributed by atoms with Gasteiger partial charge in [0.05, 0.1) is 6.20 Å². The van der Waals surface area contributed by atoms with Gasteiger partial charge in [0, 0.05) is 25.1 Å². The third kappa shape index (κ3) is 2.68. The normalized spacial score (nSPS) is 11.7. The van der Waals surface area contributed by atoms with Crippen LogP contribution in [0.3, 0.4) is 0 Å². The van der Waals surface area contributed by atoms with Gasteiger partial charge in [-0.25, -0.2) is 0 Å². The van der Waals surface area contributed by atoms with Crippen molar-refractivity contribution in [3.8, 4) is 0 Å². The number of hydrogen-bond acceptors (Lipinski definition) is 2. The van der Waals surface area contributed by atoms with Crippen LogP contribution in [-0.2, 0) is 18.3 Å². The van der Waals surface area contributed by atoms with Gasteiger partial charge >= 0.3 is 0 Å². The highest BCUT2D eigenvalue weighted by molar-refractivity contribution is 5.85. The van der Waals surface area contributed by atoms with Gasteiger partial charge in [0.1, 0.15) is 5.78 Å². The number of aryl methyl sites for hydroxylation is 1. The summed E-state index contributed by atoms with van der Waals surface area (Å²) in [4.78, 5) is 11.6. The van der Waals surface area contributed by atoms with Gasteiger partial charge < -0.3 is 0 Å². The molecule has 0 spiro atoms. The van der Waals surface area contributed by atoms with Crippen LogP contribution in [0.15, 0.2) is 12.4 Å². The molecule has 0 aromatic carbocycles. The molecule has 0 aliphatic heterocycles. The lowest BCUT2D eigenvalue weighted by molar-refractivity contribution is -0.125. The molecule has 3 nitrogen and oxygen atoms in total. The third-order valence-corrected chi connectivity index (χ3v) is 1.96. The van der Waals surface area contributed by atoms with Crippen molar-refractivity contribution in [3.63, 3.8) is 0 Å². The van der Waals surface area contributed by atoms with E-state index in [9.17, 15) is 4.79 Å². The summed E-state index contributed by atoms with van der Waals surface area (Å²) in [6.07, 6.45) is 4.10. The van der Waals surface area contributed by atoms with Gasteiger partial charge in [-0.2, -0.15) is 5.10 Å². The Kier molecular flexibility index (Phi) is 2.55. The summed E-state index contributed by atoms with van der Waals surface area (Å²) in [6.45, 7) is 5.81. The van der Waals surface area contributed by atoms with Crippen molar-refractivity contribution in [2.75, 3.05) is 0 Å². The molecule has 1 aromatic rings. The Morgan fingerprint density at radius 1 is 1.54 bits per heavy atom. The fourth-order valence-corrected chi connectivity index (χ4v) is 1.01. The van der Waals surface area contributed by atoms with Crippen LogP contribution in [0.5, 0.6) is 0 Å². The van der Waals surface area contributed by atoms with E-state index in [1.165, 1.54) is 0 Å². The molecule has 1 aromatic heterocycles. The third-order valence-electron chi connectivity index (χ3n) is 1.96. The predicted octanol–water partition coefficient (Wildman–Crippen LogP) is 1.58. The zero-order valence-corrected chi connectivity index (χ0v) is 8.66. The number of ketones is 1. The van der Waals surface area contributed by atoms with Gasteiger partial charge in [-0.05, 0) is 5.56 Å². The molecule has 0 bridgehead atoms. The summed E-state index contributed by atoms with van der Waals surface area (Å²) in [5, 5.41) is 4.02. The number of Topliss-reactive ketones (excluding diaryl/α,β-unsaturated/α-hetero) is 1. The Morgan fingerprint density at radius 2 is 2.15 bits per heavy atom. The molecule has 0 radical (unpaired) electrons. The minimum absolute atomic E-state index is 0.250. The Morgan fingerprint density at radius 3 is 2.54 bits per heavy atom. The van der Waals surface area contributed by atoms with E-state index in [-0.39, 0.29) is 11.2 Å². The van der Waals surface area contributed by atoms with Crippen LogP contribution >= 0.6 is 0 Å². The van der Waals surface area contributed by atoms with E-state index in [4.69, 9.17) is 0 Å².